The van der Waals surface area contributed by atoms with Crippen LogP contribution in [0.2, 0.25) is 0 Å². The molecule has 0 unspecified atom stereocenters. The minimum atomic E-state index is -0.375. The van der Waals surface area contributed by atoms with E-state index in [2.05, 4.69) is 27.8 Å². The number of aromatic nitrogens is 1. The molecular weight excluding hydrogens is 322 g/mol. The lowest BCUT2D eigenvalue weighted by Crippen LogP contribution is -2.12. The van der Waals surface area contributed by atoms with Crippen LogP contribution < -0.4 is 10.4 Å². The molecule has 2 rings (SSSR count). The van der Waals surface area contributed by atoms with Crippen molar-refractivity contribution in [2.45, 2.75) is 26.2 Å². The molecule has 0 amide bonds. The molecule has 0 bridgehead atoms. The second kappa shape index (κ2) is 6.70. The highest BCUT2D eigenvalue weighted by Gasteiger charge is 2.15. The van der Waals surface area contributed by atoms with Crippen LogP contribution in [0.1, 0.15) is 25.3 Å². The van der Waals surface area contributed by atoms with Crippen molar-refractivity contribution in [1.29, 1.82) is 0 Å². The maximum atomic E-state index is 12.1. The molecule has 0 atom stereocenters. The Balaban J connectivity index is 2.47. The number of benzene rings is 1. The summed E-state index contributed by atoms with van der Waals surface area (Å²) in [6.07, 6.45) is 2.52. The quantitative estimate of drug-likeness (QED) is 0.832. The van der Waals surface area contributed by atoms with Crippen LogP contribution in [0.5, 0.6) is 5.88 Å². The Morgan fingerprint density at radius 2 is 2.20 bits per heavy atom. The maximum absolute atomic E-state index is 12.1. The van der Waals surface area contributed by atoms with Gasteiger partial charge < -0.3 is 9.15 Å². The van der Waals surface area contributed by atoms with Crippen LogP contribution in [0.4, 0.5) is 0 Å². The van der Waals surface area contributed by atoms with E-state index in [0.717, 1.165) is 22.9 Å². The maximum Gasteiger partial charge on any atom is 0.346 e. The van der Waals surface area contributed by atoms with E-state index < -0.39 is 0 Å². The normalized spacial score (nSPS) is 10.6. The lowest BCUT2D eigenvalue weighted by atomic mass is 10.1. The number of nitrogens with zero attached hydrogens (tertiary/aromatic N) is 1. The fourth-order valence-corrected chi connectivity index (χ4v) is 2.29. The van der Waals surface area contributed by atoms with Crippen LogP contribution in [0.15, 0.2) is 37.9 Å². The second-order valence-corrected chi connectivity index (χ2v) is 5.32. The van der Waals surface area contributed by atoms with Gasteiger partial charge in [-0.1, -0.05) is 35.3 Å². The molecule has 4 nitrogen and oxygen atoms in total. The van der Waals surface area contributed by atoms with E-state index in [0.29, 0.717) is 17.9 Å². The second-order valence-electron chi connectivity index (χ2n) is 4.41. The van der Waals surface area contributed by atoms with E-state index in [-0.39, 0.29) is 11.5 Å². The van der Waals surface area contributed by atoms with E-state index in [1.54, 1.807) is 0 Å². The van der Waals surface area contributed by atoms with Gasteiger partial charge in [0.2, 0.25) is 11.8 Å². The number of unbranched alkanes of at least 4 members (excludes halogenated alkanes) is 1. The molecule has 0 N–H and O–H groups in total. The van der Waals surface area contributed by atoms with Gasteiger partial charge >= 0.3 is 5.63 Å². The Morgan fingerprint density at radius 3 is 2.85 bits per heavy atom. The summed E-state index contributed by atoms with van der Waals surface area (Å²) in [4.78, 5) is 16.4. The van der Waals surface area contributed by atoms with Crippen molar-refractivity contribution >= 4 is 15.9 Å². The standard InChI is InChI=1S/C15H16BrNO3/c1-3-4-8-12-14(19-2)17-13(20-15(12)18)10-6-5-7-11(16)9-10/h5-7,9H,3-4,8H2,1-2H3. The molecule has 2 aromatic rings. The first kappa shape index (κ1) is 14.8. The molecule has 0 spiro atoms. The monoisotopic (exact) mass is 337 g/mol. The van der Waals surface area contributed by atoms with E-state index in [1.807, 2.05) is 24.3 Å². The predicted molar refractivity (Wildman–Crippen MR) is 81.1 cm³/mol. The molecule has 0 fully saturated rings. The smallest absolute Gasteiger partial charge is 0.346 e. The first-order valence-corrected chi connectivity index (χ1v) is 7.29. The van der Waals surface area contributed by atoms with E-state index in [9.17, 15) is 4.79 Å². The summed E-state index contributed by atoms with van der Waals surface area (Å²) in [7, 11) is 1.52. The Kier molecular flexibility index (Phi) is 4.95. The Labute approximate surface area is 125 Å². The van der Waals surface area contributed by atoms with Crippen molar-refractivity contribution in [3.63, 3.8) is 0 Å². The highest BCUT2D eigenvalue weighted by Crippen LogP contribution is 2.24. The van der Waals surface area contributed by atoms with Gasteiger partial charge in [-0.3, -0.25) is 0 Å². The summed E-state index contributed by atoms with van der Waals surface area (Å²) in [6, 6.07) is 7.44. The molecule has 0 saturated heterocycles. The fourth-order valence-electron chi connectivity index (χ4n) is 1.90. The lowest BCUT2D eigenvalue weighted by molar-refractivity contribution is 0.371. The van der Waals surface area contributed by atoms with Crippen molar-refractivity contribution in [2.75, 3.05) is 7.11 Å². The topological polar surface area (TPSA) is 52.3 Å². The summed E-state index contributed by atoms with van der Waals surface area (Å²) in [6.45, 7) is 2.07. The molecule has 5 heteroatoms. The molecule has 0 aliphatic carbocycles. The number of hydrogen-bond acceptors (Lipinski definition) is 4. The SMILES string of the molecule is CCCCc1c(OC)nc(-c2cccc(Br)c2)oc1=O. The molecule has 0 aliphatic rings. The van der Waals surface area contributed by atoms with Gasteiger partial charge in [0.05, 0.1) is 12.7 Å². The third-order valence-corrected chi connectivity index (χ3v) is 3.44. The summed E-state index contributed by atoms with van der Waals surface area (Å²) in [5.41, 5.74) is 0.866. The lowest BCUT2D eigenvalue weighted by Gasteiger charge is -2.07. The molecule has 0 saturated carbocycles. The largest absolute Gasteiger partial charge is 0.481 e. The van der Waals surface area contributed by atoms with Crippen LogP contribution in [0.25, 0.3) is 11.5 Å². The Hall–Kier alpha value is -1.62. The van der Waals surface area contributed by atoms with Gasteiger partial charge in [-0.15, -0.1) is 0 Å². The van der Waals surface area contributed by atoms with Crippen molar-refractivity contribution in [3.8, 4) is 17.3 Å². The summed E-state index contributed by atoms with van der Waals surface area (Å²) in [5.74, 6) is 0.623. The van der Waals surface area contributed by atoms with E-state index in [4.69, 9.17) is 9.15 Å². The molecule has 1 heterocycles. The molecule has 1 aromatic heterocycles. The van der Waals surface area contributed by atoms with Gasteiger partial charge in [0.25, 0.3) is 0 Å². The van der Waals surface area contributed by atoms with Crippen molar-refractivity contribution in [3.05, 3.63) is 44.7 Å². The molecule has 0 radical (unpaired) electrons. The minimum Gasteiger partial charge on any atom is -0.481 e. The third kappa shape index (κ3) is 3.28. The predicted octanol–water partition coefficient (Wildman–Crippen LogP) is 3.82. The Bertz CT molecular complexity index is 652. The molecule has 20 heavy (non-hydrogen) atoms. The fraction of sp³-hybridized carbons (Fsp3) is 0.333. The zero-order chi connectivity index (χ0) is 14.5. The van der Waals surface area contributed by atoms with Gasteiger partial charge in [0, 0.05) is 10.0 Å². The van der Waals surface area contributed by atoms with Gasteiger partial charge in [-0.2, -0.15) is 4.98 Å². The summed E-state index contributed by atoms with van der Waals surface area (Å²) in [5, 5.41) is 0. The highest BCUT2D eigenvalue weighted by molar-refractivity contribution is 9.10. The van der Waals surface area contributed by atoms with Crippen molar-refractivity contribution in [2.24, 2.45) is 0 Å². The van der Waals surface area contributed by atoms with Gasteiger partial charge in [0.1, 0.15) is 0 Å². The van der Waals surface area contributed by atoms with E-state index in [1.165, 1.54) is 7.11 Å². The average Bonchev–Trinajstić information content (AvgIpc) is 2.45. The number of hydrogen-bond donors (Lipinski definition) is 0. The van der Waals surface area contributed by atoms with Crippen molar-refractivity contribution in [1.82, 2.24) is 4.98 Å². The molecular formula is C15H16BrNO3. The zero-order valence-electron chi connectivity index (χ0n) is 11.5. The molecule has 0 aliphatic heterocycles. The van der Waals surface area contributed by atoms with Gasteiger partial charge in [0.15, 0.2) is 0 Å². The van der Waals surface area contributed by atoms with Crippen LogP contribution in [0, 0.1) is 0 Å². The van der Waals surface area contributed by atoms with Crippen LogP contribution in [0.3, 0.4) is 0 Å². The number of rotatable bonds is 5. The zero-order valence-corrected chi connectivity index (χ0v) is 13.1. The van der Waals surface area contributed by atoms with Gasteiger partial charge in [-0.25, -0.2) is 4.79 Å². The first-order valence-electron chi connectivity index (χ1n) is 6.49. The molecule has 106 valence electrons. The summed E-state index contributed by atoms with van der Waals surface area (Å²) >= 11 is 3.38. The first-order chi connectivity index (χ1) is 9.65. The molecule has 1 aromatic carbocycles. The number of halogens is 1. The van der Waals surface area contributed by atoms with Crippen LogP contribution in [-0.4, -0.2) is 12.1 Å². The van der Waals surface area contributed by atoms with Crippen LogP contribution in [-0.2, 0) is 6.42 Å². The summed E-state index contributed by atoms with van der Waals surface area (Å²) < 4.78 is 11.5. The van der Waals surface area contributed by atoms with Gasteiger partial charge in [-0.05, 0) is 31.0 Å². The van der Waals surface area contributed by atoms with E-state index >= 15 is 0 Å². The third-order valence-electron chi connectivity index (χ3n) is 2.94. The van der Waals surface area contributed by atoms with Crippen molar-refractivity contribution < 1.29 is 9.15 Å². The number of ether oxygens (including phenoxy) is 1. The Morgan fingerprint density at radius 1 is 1.40 bits per heavy atom. The number of methoxy groups -OCH3 is 1. The highest BCUT2D eigenvalue weighted by atomic mass is 79.9. The minimum absolute atomic E-state index is 0.272. The average molecular weight is 338 g/mol. The van der Waals surface area contributed by atoms with Crippen LogP contribution >= 0.6 is 15.9 Å².